The van der Waals surface area contributed by atoms with Gasteiger partial charge in [0.1, 0.15) is 48.2 Å². The van der Waals surface area contributed by atoms with Crippen LogP contribution in [-0.2, 0) is 129 Å². The van der Waals surface area contributed by atoms with Crippen molar-refractivity contribution < 1.29 is 126 Å². The van der Waals surface area contributed by atoms with Crippen molar-refractivity contribution in [2.75, 3.05) is 26.4 Å². The fourth-order valence-corrected chi connectivity index (χ4v) is 19.8. The summed E-state index contributed by atoms with van der Waals surface area (Å²) in [4.78, 5) is 85.8. The Morgan fingerprint density at radius 2 is 0.796 bits per heavy atom. The quantitative estimate of drug-likeness (QED) is 0.0146. The molecule has 17 rings (SSSR count). The molecule has 0 amide bonds. The normalized spacial score (nSPS) is 20.7. The van der Waals surface area contributed by atoms with Crippen molar-refractivity contribution in [3.05, 3.63) is 308 Å². The summed E-state index contributed by atoms with van der Waals surface area (Å²) in [6.45, 7) is -0.0355. The SMILES string of the molecule is Cn1nc(C(F)(F)F)cc1Cn1ccc(C(=O)c2cncnc2C[C@@H]2C[C@H](COS(N)(=O)=O)[C@@H](O)C2)c1.NS(=O)(=O)OC[C@H]1C[C@@H](Cc2ncncc2C(=O)c2ccn(Cc3ccc(C(F)(F)F)c(F)c3)n2)[C@H](O)[C@@H]1O.NS(=O)(=O)OC[C@H]1C[C@@H](Cc2ncncc2C(=O)c2ccn(Cc3ccc(Cl)cc3)n2)C[C@@H]1O.NS(=O)(=O)OC[C@H]1C[C@@H](Cc2ncncc2C(=O)c2ccn(Cc3ccc4ccccc4c3)n2)C[C@@H]1O. The molecule has 13 N–H and O–H groups in total. The Bertz CT molecular complexity index is 7380. The average Bonchev–Trinajstić information content (AvgIpc) is 1.75. The van der Waals surface area contributed by atoms with Gasteiger partial charge in [0.15, 0.2) is 11.5 Å². The first kappa shape index (κ1) is 110. The number of aromatic nitrogens is 17. The number of nitrogens with two attached hydrogens (primary N) is 4. The van der Waals surface area contributed by atoms with Crippen molar-refractivity contribution in [1.82, 2.24) is 83.6 Å². The zero-order chi connectivity index (χ0) is 106. The number of hydrogen-bond donors (Lipinski definition) is 9. The number of alkyl halides is 6. The van der Waals surface area contributed by atoms with Crippen LogP contribution in [0.1, 0.15) is 165 Å². The van der Waals surface area contributed by atoms with E-state index in [0.717, 1.165) is 44.8 Å². The lowest BCUT2D eigenvalue weighted by Crippen LogP contribution is -2.31. The molecule has 0 unspecified atom stereocenters. The third kappa shape index (κ3) is 30.6. The van der Waals surface area contributed by atoms with Crippen LogP contribution in [0.3, 0.4) is 0 Å². The van der Waals surface area contributed by atoms with Gasteiger partial charge in [0, 0.05) is 97.1 Å². The Labute approximate surface area is 840 Å². The molecular weight excluding hydrogens is 2040 g/mol. The van der Waals surface area contributed by atoms with Crippen LogP contribution in [0, 0.1) is 53.2 Å². The standard InChI is InChI=1S/C26H27N5O5S.C23H23F4N5O6S.C22H24ClN5O5S.C22H25F3N6O5S/c27-37(34,35)36-15-21-10-18(12-25(21)32)11-24-22(13-28-16-29-24)26(33)23-7-8-31(30-23)14-17-5-6-19-3-1-2-4-20(19)9-17;24-17-5-12(1-2-16(17)23(25,26)27)9-32-4-3-18(31-32)22(35)15-8-29-11-30-19(15)7-13-6-14(21(34)20(13)33)10-38-39(28,36)37;23-17-3-1-14(2-4-17)11-28-6-5-19(27-28)22(30)18-10-25-13-26-20(18)8-15-7-16(21(29)9-15)12-33-34(24,31)32;1-30-16(7-20(29-30)22(23,24)25)10-31-3-2-14(9-31)21(33)17-8-27-12-28-18(17)5-13-4-15(19(32)6-13)11-36-37(26,34)35/h1-9,13,16,18,21,25,32H,10-12,14-15H2,(H2,27,34,35);1-5,8,11,13-14,20-21,33-34H,6-7,9-10H2,(H2,28,36,37);1-6,10,13,15-16,21,29H,7-9,11-12H2,(H2,24,31,32);2-3,7-9,12-13,15,19,32H,4-6,10-11H2,1H3,(H2,26,34,35)/t18-,21+,25-;13-,14+,20-,21+;15-,16+,21-;13-,15+,19-/m0000/s1. The third-order valence-electron chi connectivity index (χ3n) is 25.4. The molecule has 4 saturated carbocycles. The number of aliphatic hydroxyl groups excluding tert-OH is 5. The maximum atomic E-state index is 13.9. The number of benzene rings is 4. The van der Waals surface area contributed by atoms with Crippen LogP contribution < -0.4 is 20.6 Å². The molecule has 0 radical (unpaired) electrons. The van der Waals surface area contributed by atoms with Crippen molar-refractivity contribution in [1.29, 1.82) is 0 Å². The first-order valence-electron chi connectivity index (χ1n) is 45.3. The summed E-state index contributed by atoms with van der Waals surface area (Å²) in [5.41, 5.74) is 3.91. The lowest BCUT2D eigenvalue weighted by Gasteiger charge is -2.17. The second kappa shape index (κ2) is 47.2. The molecule has 0 aliphatic heterocycles. The molecule has 9 aromatic heterocycles. The molecule has 13 aromatic rings. The zero-order valence-corrected chi connectivity index (χ0v) is 81.8. The van der Waals surface area contributed by atoms with Crippen LogP contribution in [0.25, 0.3) is 10.8 Å². The van der Waals surface area contributed by atoms with Crippen LogP contribution in [0.15, 0.2) is 196 Å². The number of hydrogen-bond acceptors (Lipinski definition) is 33. The summed E-state index contributed by atoms with van der Waals surface area (Å²) in [5, 5.41) is 90.6. The van der Waals surface area contributed by atoms with Crippen LogP contribution in [-0.4, -0.2) is 223 Å². The molecule has 0 bridgehead atoms. The highest BCUT2D eigenvalue weighted by Gasteiger charge is 2.45. The van der Waals surface area contributed by atoms with Gasteiger partial charge in [0.25, 0.3) is 0 Å². The van der Waals surface area contributed by atoms with E-state index in [1.165, 1.54) is 80.3 Å². The number of aryl methyl sites for hydroxylation is 1. The summed E-state index contributed by atoms with van der Waals surface area (Å²) in [6, 6.07) is 31.4. The fraction of sp³-hybridized carbons (Fsp3) is 0.376. The van der Waals surface area contributed by atoms with E-state index in [-0.39, 0.29) is 126 Å². The summed E-state index contributed by atoms with van der Waals surface area (Å²) in [7, 11) is -15.1. The van der Waals surface area contributed by atoms with Gasteiger partial charge < -0.3 is 30.1 Å². The van der Waals surface area contributed by atoms with Crippen molar-refractivity contribution in [2.45, 2.75) is 140 Å². The molecule has 54 heteroatoms. The van der Waals surface area contributed by atoms with E-state index in [1.807, 2.05) is 30.3 Å². The van der Waals surface area contributed by atoms with E-state index < -0.39 is 131 Å². The minimum absolute atomic E-state index is 0.00371. The molecule has 4 aliphatic carbocycles. The minimum Gasteiger partial charge on any atom is -0.393 e. The van der Waals surface area contributed by atoms with Gasteiger partial charge in [0.2, 0.25) is 17.3 Å². The Morgan fingerprint density at radius 1 is 0.415 bits per heavy atom. The number of ketones is 4. The number of nitrogens with zero attached hydrogens (tertiary/aromatic N) is 17. The van der Waals surface area contributed by atoms with Gasteiger partial charge in [-0.1, -0.05) is 66.2 Å². The highest BCUT2D eigenvalue weighted by Crippen LogP contribution is 2.41. The van der Waals surface area contributed by atoms with Crippen LogP contribution in [0.5, 0.6) is 0 Å². The van der Waals surface area contributed by atoms with Crippen molar-refractivity contribution in [3.8, 4) is 0 Å². The first-order valence-corrected chi connectivity index (χ1v) is 51.6. The largest absolute Gasteiger partial charge is 0.435 e. The molecule has 4 aliphatic rings. The molecule has 782 valence electrons. The van der Waals surface area contributed by atoms with Crippen molar-refractivity contribution in [2.24, 2.45) is 74.9 Å². The van der Waals surface area contributed by atoms with Gasteiger partial charge in [-0.25, -0.2) is 64.8 Å². The number of halogens is 8. The molecule has 13 atom stereocenters. The number of aliphatic hydroxyl groups is 5. The van der Waals surface area contributed by atoms with Gasteiger partial charge in [0.05, 0.1) is 139 Å². The Kier molecular flexibility index (Phi) is 35.4. The van der Waals surface area contributed by atoms with Crippen molar-refractivity contribution >= 4 is 86.7 Å². The predicted octanol–water partition coefficient (Wildman–Crippen LogP) is 6.70. The van der Waals surface area contributed by atoms with E-state index in [4.69, 9.17) is 32.2 Å². The van der Waals surface area contributed by atoms with Gasteiger partial charge in [-0.05, 0) is 182 Å². The molecule has 4 fully saturated rings. The van der Waals surface area contributed by atoms with Crippen LogP contribution in [0.4, 0.5) is 30.7 Å². The maximum absolute atomic E-state index is 13.9. The second-order valence-electron chi connectivity index (χ2n) is 36.0. The number of carbonyl (C=O) groups is 4. The highest BCUT2D eigenvalue weighted by atomic mass is 35.5. The monoisotopic (exact) mass is 2140 g/mol. The molecule has 0 spiro atoms. The summed E-state index contributed by atoms with van der Waals surface area (Å²) >= 11 is 5.93. The maximum Gasteiger partial charge on any atom is 0.435 e. The summed E-state index contributed by atoms with van der Waals surface area (Å²) in [6.07, 6.45) is 8.90. The topological polar surface area (TPSA) is 626 Å². The Balaban J connectivity index is 0.000000155. The lowest BCUT2D eigenvalue weighted by molar-refractivity contribution is -0.141. The molecule has 9 heterocycles. The van der Waals surface area contributed by atoms with Gasteiger partial charge in [-0.15, -0.1) is 0 Å². The number of fused-ring (bicyclic) bond motifs is 1. The van der Waals surface area contributed by atoms with Gasteiger partial charge in [-0.3, -0.25) is 54.6 Å². The molecule has 147 heavy (non-hydrogen) atoms. The third-order valence-corrected chi connectivity index (χ3v) is 27.5. The Hall–Kier alpha value is -12.7. The molecule has 4 aromatic carbocycles. The Morgan fingerprint density at radius 3 is 1.20 bits per heavy atom. The van der Waals surface area contributed by atoms with E-state index in [2.05, 4.69) is 101 Å². The van der Waals surface area contributed by atoms with Crippen LogP contribution in [0.2, 0.25) is 5.02 Å². The highest BCUT2D eigenvalue weighted by molar-refractivity contribution is 7.85. The molecule has 42 nitrogen and oxygen atoms in total. The van der Waals surface area contributed by atoms with Gasteiger partial charge >= 0.3 is 53.6 Å². The van der Waals surface area contributed by atoms with Gasteiger partial charge in [-0.2, -0.15) is 80.4 Å². The number of rotatable bonds is 36. The van der Waals surface area contributed by atoms with Crippen LogP contribution >= 0.6 is 11.6 Å². The first-order chi connectivity index (χ1) is 69.4. The lowest BCUT2D eigenvalue weighted by atomic mass is 9.95. The second-order valence-corrected chi connectivity index (χ2v) is 41.4. The summed E-state index contributed by atoms with van der Waals surface area (Å²) < 4.78 is 205. The summed E-state index contributed by atoms with van der Waals surface area (Å²) in [5.74, 6) is -5.51. The molecular formula is C93H99ClF7N21O21S4. The minimum atomic E-state index is -4.82. The van der Waals surface area contributed by atoms with Crippen molar-refractivity contribution in [3.63, 3.8) is 0 Å². The smallest absolute Gasteiger partial charge is 0.393 e. The number of carbonyl (C=O) groups excluding carboxylic acids is 4. The predicted molar refractivity (Wildman–Crippen MR) is 506 cm³/mol. The zero-order valence-electron chi connectivity index (χ0n) is 77.8. The van der Waals surface area contributed by atoms with E-state index in [1.54, 1.807) is 62.9 Å². The fourth-order valence-electron chi connectivity index (χ4n) is 18.2. The van der Waals surface area contributed by atoms with E-state index >= 15 is 0 Å². The molecule has 0 saturated heterocycles. The van der Waals surface area contributed by atoms with E-state index in [0.29, 0.717) is 127 Å². The van der Waals surface area contributed by atoms with E-state index in [9.17, 15) is 109 Å². The average molecular weight is 2140 g/mol.